The third-order valence-electron chi connectivity index (χ3n) is 22.7. The number of benzene rings is 14. The predicted octanol–water partition coefficient (Wildman–Crippen LogP) is 25.7. The molecule has 0 radical (unpaired) electrons. The molecular formula is C101H79BCl2N6O4. The van der Waals surface area contributed by atoms with Gasteiger partial charge in [-0.3, -0.25) is 0 Å². The number of nitrogens with zero attached hydrogens (tertiary/aromatic N) is 6. The lowest BCUT2D eigenvalue weighted by Gasteiger charge is -2.22. The first-order valence-electron chi connectivity index (χ1n) is 37.6. The predicted molar refractivity (Wildman–Crippen MR) is 470 cm³/mol. The number of halogens is 2. The molecule has 3 aliphatic carbocycles. The van der Waals surface area contributed by atoms with E-state index in [0.717, 1.165) is 88.3 Å². The number of rotatable bonds is 9. The summed E-state index contributed by atoms with van der Waals surface area (Å²) in [4.78, 5) is 29.8. The molecule has 10 nitrogen and oxygen atoms in total. The normalized spacial score (nSPS) is 13.2. The van der Waals surface area contributed by atoms with E-state index in [1.807, 2.05) is 176 Å². The maximum absolute atomic E-state index is 9.30. The average molecular weight is 1520 g/mol. The molecule has 2 N–H and O–H groups in total. The van der Waals surface area contributed by atoms with E-state index in [0.29, 0.717) is 61.6 Å². The van der Waals surface area contributed by atoms with Crippen LogP contribution in [0.1, 0.15) is 89.8 Å². The highest BCUT2D eigenvalue weighted by Gasteiger charge is 2.39. The van der Waals surface area contributed by atoms with E-state index in [1.54, 1.807) is 12.1 Å². The second-order valence-electron chi connectivity index (χ2n) is 30.5. The number of furan rings is 2. The molecule has 0 aliphatic heterocycles. The Hall–Kier alpha value is -12.7. The van der Waals surface area contributed by atoms with E-state index in [-0.39, 0.29) is 31.1 Å². The first-order chi connectivity index (χ1) is 54.4. The van der Waals surface area contributed by atoms with Crippen molar-refractivity contribution in [1.29, 1.82) is 0 Å². The lowest BCUT2D eigenvalue weighted by atomic mass is 9.75. The van der Waals surface area contributed by atoms with Crippen LogP contribution in [0.4, 0.5) is 0 Å². The summed E-state index contributed by atoms with van der Waals surface area (Å²) in [6.07, 6.45) is 0. The van der Waals surface area contributed by atoms with E-state index in [4.69, 9.17) is 61.9 Å². The number of hydrogen-bond acceptors (Lipinski definition) is 10. The molecule has 0 saturated heterocycles. The zero-order chi connectivity index (χ0) is 76.3. The molecule has 0 bridgehead atoms. The third kappa shape index (κ3) is 12.7. The summed E-state index contributed by atoms with van der Waals surface area (Å²) in [7, 11) is -1.41. The quantitative estimate of drug-likeness (QED) is 0.134. The fraction of sp³-hybridized carbons (Fsp3) is 0.109. The smallest absolute Gasteiger partial charge is 0.455 e. The molecule has 0 amide bonds. The standard InChI is InChI=1S/C57H41N3O.C27H15Cl2N3O.C15H15BO2.2CH4/c1-56(2)46-23-13-11-20-39(46)41-28-26-36(32-48(41)56)38-30-44(37-27-29-42-40-21-12-14-24-47(40)57(3,4)49(42)33-37)52-45(31-38)51-43(22-15-25-50(51)61-52)55-59-53(34-16-7-5-8-17-34)58-54(60-55)35-18-9-6-10-19-35;28-18-14-20-23-19(12-7-13-22(23)33-24(20)21(29)15-18)27-31-25(16-8-3-1-4-9-16)30-26(32-27)17-10-5-2-6-11-17;1-15(2)13-6-4-3-5-11(13)12-8-7-10(16(17)18)9-14(12)15;;/h5-33H,1-4H3;1-15H;3-9,17-18H,1-2H3;2*1H4. The van der Waals surface area contributed by atoms with Crippen LogP contribution < -0.4 is 5.46 Å². The van der Waals surface area contributed by atoms with Gasteiger partial charge in [-0.15, -0.1) is 0 Å². The van der Waals surface area contributed by atoms with Gasteiger partial charge in [0.05, 0.1) is 5.02 Å². The first-order valence-corrected chi connectivity index (χ1v) is 38.3. The summed E-state index contributed by atoms with van der Waals surface area (Å²) in [5, 5.41) is 23.3. The largest absolute Gasteiger partial charge is 0.488 e. The minimum absolute atomic E-state index is 0. The van der Waals surface area contributed by atoms with Crippen LogP contribution in [0.5, 0.6) is 0 Å². The second-order valence-corrected chi connectivity index (χ2v) is 31.4. The average Bonchev–Trinajstić information content (AvgIpc) is 1.72. The highest BCUT2D eigenvalue weighted by molar-refractivity contribution is 6.58. The van der Waals surface area contributed by atoms with Crippen LogP contribution in [-0.2, 0) is 16.2 Å². The second kappa shape index (κ2) is 29.1. The molecule has 114 heavy (non-hydrogen) atoms. The van der Waals surface area contributed by atoms with Crippen molar-refractivity contribution in [3.8, 4) is 124 Å². The number of fused-ring (bicyclic) bond motifs is 15. The van der Waals surface area contributed by atoms with Gasteiger partial charge in [0.15, 0.2) is 40.5 Å². The van der Waals surface area contributed by atoms with Crippen molar-refractivity contribution in [2.24, 2.45) is 0 Å². The van der Waals surface area contributed by atoms with Crippen LogP contribution in [0.15, 0.2) is 318 Å². The zero-order valence-electron chi connectivity index (χ0n) is 62.2. The van der Waals surface area contributed by atoms with Gasteiger partial charge in [0.25, 0.3) is 0 Å². The lowest BCUT2D eigenvalue weighted by molar-refractivity contribution is 0.425. The molecule has 554 valence electrons. The van der Waals surface area contributed by atoms with Gasteiger partial charge in [-0.05, 0) is 137 Å². The zero-order valence-corrected chi connectivity index (χ0v) is 63.7. The lowest BCUT2D eigenvalue weighted by Crippen LogP contribution is -2.31. The Bertz CT molecular complexity index is 6690. The van der Waals surface area contributed by atoms with E-state index in [9.17, 15) is 10.0 Å². The van der Waals surface area contributed by atoms with Gasteiger partial charge >= 0.3 is 7.12 Å². The van der Waals surface area contributed by atoms with Gasteiger partial charge < -0.3 is 18.9 Å². The van der Waals surface area contributed by atoms with Crippen LogP contribution >= 0.6 is 23.2 Å². The molecule has 0 unspecified atom stereocenters. The Morgan fingerprint density at radius 3 is 1.04 bits per heavy atom. The van der Waals surface area contributed by atoms with Crippen LogP contribution in [0.2, 0.25) is 10.0 Å². The van der Waals surface area contributed by atoms with Crippen molar-refractivity contribution < 1.29 is 18.9 Å². The van der Waals surface area contributed by atoms with Gasteiger partial charge in [-0.25, -0.2) is 29.9 Å². The molecule has 14 aromatic carbocycles. The molecule has 4 aromatic heterocycles. The summed E-state index contributed by atoms with van der Waals surface area (Å²) < 4.78 is 13.1. The SMILES string of the molecule is C.C.CC1(C)c2ccccc2-c2ccc(-c3cc(-c4ccc5c(c4)C(C)(C)c4ccccc4-5)c4oc5cccc(-c6nc(-c7ccccc7)nc(-c7ccccc7)n6)c5c4c3)cc21.CC1(C)c2ccccc2-c2ccc(B(O)O)cc21.Clc1cc(Cl)c2oc3cccc(-c4nc(-c5ccccc5)nc(-c5ccccc5)n4)c3c2c1. The number of hydrogen-bond donors (Lipinski definition) is 2. The molecular weight excluding hydrogens is 1440 g/mol. The molecule has 4 heterocycles. The van der Waals surface area contributed by atoms with E-state index in [1.165, 1.54) is 66.8 Å². The summed E-state index contributed by atoms with van der Waals surface area (Å²) in [5.41, 5.74) is 28.5. The highest BCUT2D eigenvalue weighted by Crippen LogP contribution is 2.54. The van der Waals surface area contributed by atoms with Crippen LogP contribution in [-0.4, -0.2) is 47.1 Å². The van der Waals surface area contributed by atoms with Crippen LogP contribution in [0.3, 0.4) is 0 Å². The van der Waals surface area contributed by atoms with Gasteiger partial charge in [0.1, 0.15) is 16.7 Å². The molecule has 18 aromatic rings. The number of aromatic nitrogens is 6. The Balaban J connectivity index is 0.000000147. The van der Waals surface area contributed by atoms with Gasteiger partial charge in [-0.2, -0.15) is 0 Å². The third-order valence-corrected chi connectivity index (χ3v) is 23.2. The molecule has 3 aliphatic rings. The van der Waals surface area contributed by atoms with Gasteiger partial charge in [0.2, 0.25) is 0 Å². The van der Waals surface area contributed by atoms with Crippen LogP contribution in [0.25, 0.3) is 168 Å². The summed E-state index contributed by atoms with van der Waals surface area (Å²) in [5.74, 6) is 3.59. The van der Waals surface area contributed by atoms with Crippen LogP contribution in [0, 0.1) is 0 Å². The van der Waals surface area contributed by atoms with Crippen molar-refractivity contribution in [3.05, 3.63) is 353 Å². The fourth-order valence-corrected chi connectivity index (χ4v) is 17.6. The molecule has 13 heteroatoms. The Labute approximate surface area is 673 Å². The maximum atomic E-state index is 9.30. The van der Waals surface area contributed by atoms with Crippen molar-refractivity contribution in [1.82, 2.24) is 29.9 Å². The maximum Gasteiger partial charge on any atom is 0.488 e. The summed E-state index contributed by atoms with van der Waals surface area (Å²) in [6.45, 7) is 13.7. The molecule has 0 saturated carbocycles. The van der Waals surface area contributed by atoms with Gasteiger partial charge in [0, 0.05) is 81.8 Å². The Morgan fingerprint density at radius 1 is 0.272 bits per heavy atom. The molecule has 0 atom stereocenters. The minimum atomic E-state index is -1.41. The van der Waals surface area contributed by atoms with E-state index >= 15 is 0 Å². The topological polar surface area (TPSA) is 144 Å². The molecule has 0 fully saturated rings. The Morgan fingerprint density at radius 2 is 0.614 bits per heavy atom. The molecule has 0 spiro atoms. The van der Waals surface area contributed by atoms with Crippen molar-refractivity contribution in [2.45, 2.75) is 72.6 Å². The van der Waals surface area contributed by atoms with E-state index < -0.39 is 7.12 Å². The fourth-order valence-electron chi connectivity index (χ4n) is 17.0. The Kier molecular flexibility index (Phi) is 18.9. The summed E-state index contributed by atoms with van der Waals surface area (Å²) >= 11 is 12.7. The van der Waals surface area contributed by atoms with Crippen molar-refractivity contribution >= 4 is 79.7 Å². The monoisotopic (exact) mass is 1520 g/mol. The van der Waals surface area contributed by atoms with Crippen molar-refractivity contribution in [3.63, 3.8) is 0 Å². The minimum Gasteiger partial charge on any atom is -0.455 e. The molecule has 21 rings (SSSR count). The highest BCUT2D eigenvalue weighted by atomic mass is 35.5. The van der Waals surface area contributed by atoms with Crippen molar-refractivity contribution in [2.75, 3.05) is 0 Å². The van der Waals surface area contributed by atoms with Gasteiger partial charge in [-0.1, -0.05) is 340 Å². The summed E-state index contributed by atoms with van der Waals surface area (Å²) in [6, 6.07) is 106. The first kappa shape index (κ1) is 74.0. The van der Waals surface area contributed by atoms with E-state index in [2.05, 4.69) is 163 Å².